The molecular formula is C25H29NO7. The molecule has 1 saturated heterocycles. The third-order valence-corrected chi connectivity index (χ3v) is 5.41. The lowest BCUT2D eigenvalue weighted by atomic mass is 9.94. The first-order valence-corrected chi connectivity index (χ1v) is 10.7. The maximum absolute atomic E-state index is 13.1. The fourth-order valence-corrected chi connectivity index (χ4v) is 3.76. The van der Waals surface area contributed by atoms with Gasteiger partial charge in [0.1, 0.15) is 23.0 Å². The van der Waals surface area contributed by atoms with Crippen molar-refractivity contribution >= 4 is 17.4 Å². The molecule has 33 heavy (non-hydrogen) atoms. The summed E-state index contributed by atoms with van der Waals surface area (Å²) in [7, 11) is 4.54. The van der Waals surface area contributed by atoms with Crippen molar-refractivity contribution in [2.24, 2.45) is 0 Å². The molecule has 0 aromatic heterocycles. The number of likely N-dealkylation sites (tertiary alicyclic amines) is 1. The van der Waals surface area contributed by atoms with Gasteiger partial charge in [0.2, 0.25) is 0 Å². The van der Waals surface area contributed by atoms with E-state index >= 15 is 0 Å². The average molecular weight is 456 g/mol. The van der Waals surface area contributed by atoms with Crippen LogP contribution in [0.2, 0.25) is 0 Å². The van der Waals surface area contributed by atoms with E-state index in [1.54, 1.807) is 42.5 Å². The molecule has 0 radical (unpaired) electrons. The van der Waals surface area contributed by atoms with Crippen molar-refractivity contribution in [2.75, 3.05) is 41.1 Å². The van der Waals surface area contributed by atoms with Crippen LogP contribution in [0.15, 0.2) is 48.0 Å². The number of nitrogens with zero attached hydrogens (tertiary/aromatic N) is 1. The second-order valence-electron chi connectivity index (χ2n) is 7.47. The Bertz CT molecular complexity index is 1030. The third-order valence-electron chi connectivity index (χ3n) is 5.41. The lowest BCUT2D eigenvalue weighted by Gasteiger charge is -2.26. The number of aliphatic hydroxyl groups is 1. The van der Waals surface area contributed by atoms with Gasteiger partial charge in [-0.1, -0.05) is 6.92 Å². The van der Waals surface area contributed by atoms with Crippen molar-refractivity contribution in [3.8, 4) is 17.2 Å². The third kappa shape index (κ3) is 4.96. The summed E-state index contributed by atoms with van der Waals surface area (Å²) >= 11 is 0. The highest BCUT2D eigenvalue weighted by molar-refractivity contribution is 6.46. The minimum Gasteiger partial charge on any atom is -0.507 e. The summed E-state index contributed by atoms with van der Waals surface area (Å²) in [6.07, 6.45) is 0.870. The first-order valence-electron chi connectivity index (χ1n) is 10.7. The van der Waals surface area contributed by atoms with E-state index in [1.807, 2.05) is 6.92 Å². The molecule has 176 valence electrons. The van der Waals surface area contributed by atoms with Crippen LogP contribution in [0, 0.1) is 0 Å². The number of Topliss-reactive ketones (excluding diaryl/α,β-unsaturated/α-hetero) is 1. The number of amides is 1. The van der Waals surface area contributed by atoms with Gasteiger partial charge in [0.05, 0.1) is 39.0 Å². The summed E-state index contributed by atoms with van der Waals surface area (Å²) in [5.74, 6) is -0.124. The number of benzene rings is 2. The van der Waals surface area contributed by atoms with Gasteiger partial charge in [-0.15, -0.1) is 0 Å². The molecule has 1 aliphatic heterocycles. The Balaban J connectivity index is 2.15. The number of ketones is 1. The van der Waals surface area contributed by atoms with Gasteiger partial charge in [-0.05, 0) is 48.9 Å². The van der Waals surface area contributed by atoms with Crippen LogP contribution < -0.4 is 14.2 Å². The number of methoxy groups -OCH3 is 3. The zero-order valence-corrected chi connectivity index (χ0v) is 19.3. The Morgan fingerprint density at radius 2 is 1.67 bits per heavy atom. The zero-order valence-electron chi connectivity index (χ0n) is 19.3. The van der Waals surface area contributed by atoms with Gasteiger partial charge in [0.15, 0.2) is 0 Å². The highest BCUT2D eigenvalue weighted by atomic mass is 16.5. The summed E-state index contributed by atoms with van der Waals surface area (Å²) in [4.78, 5) is 27.4. The normalized spacial score (nSPS) is 17.3. The molecule has 1 fully saturated rings. The van der Waals surface area contributed by atoms with Gasteiger partial charge in [-0.25, -0.2) is 0 Å². The quantitative estimate of drug-likeness (QED) is 0.333. The van der Waals surface area contributed by atoms with Crippen molar-refractivity contribution in [2.45, 2.75) is 19.4 Å². The van der Waals surface area contributed by atoms with Crippen LogP contribution >= 0.6 is 0 Å². The van der Waals surface area contributed by atoms with Crippen LogP contribution in [0.25, 0.3) is 5.76 Å². The molecule has 0 spiro atoms. The number of rotatable bonds is 10. The second-order valence-corrected chi connectivity index (χ2v) is 7.47. The Morgan fingerprint density at radius 3 is 2.27 bits per heavy atom. The van der Waals surface area contributed by atoms with Crippen molar-refractivity contribution in [1.29, 1.82) is 0 Å². The van der Waals surface area contributed by atoms with Gasteiger partial charge < -0.3 is 29.0 Å². The summed E-state index contributed by atoms with van der Waals surface area (Å²) in [5, 5.41) is 11.2. The molecular weight excluding hydrogens is 426 g/mol. The molecule has 0 aliphatic carbocycles. The fraction of sp³-hybridized carbons (Fsp3) is 0.360. The number of ether oxygens (including phenoxy) is 4. The zero-order chi connectivity index (χ0) is 24.0. The number of carbonyl (C=O) groups excluding carboxylic acids is 2. The lowest BCUT2D eigenvalue weighted by Crippen LogP contribution is -2.32. The monoisotopic (exact) mass is 455 g/mol. The molecule has 8 heteroatoms. The van der Waals surface area contributed by atoms with E-state index in [2.05, 4.69) is 0 Å². The smallest absolute Gasteiger partial charge is 0.295 e. The Kier molecular flexibility index (Phi) is 7.95. The molecule has 2 aromatic rings. The summed E-state index contributed by atoms with van der Waals surface area (Å²) in [5.41, 5.74) is 0.900. The predicted octanol–water partition coefficient (Wildman–Crippen LogP) is 3.56. The van der Waals surface area contributed by atoms with Gasteiger partial charge >= 0.3 is 0 Å². The number of hydrogen-bond donors (Lipinski definition) is 1. The van der Waals surface area contributed by atoms with Crippen LogP contribution in [0.1, 0.15) is 30.5 Å². The van der Waals surface area contributed by atoms with E-state index in [9.17, 15) is 14.7 Å². The maximum atomic E-state index is 13.1. The van der Waals surface area contributed by atoms with E-state index in [4.69, 9.17) is 18.9 Å². The minimum atomic E-state index is -0.874. The van der Waals surface area contributed by atoms with Gasteiger partial charge in [0, 0.05) is 24.8 Å². The van der Waals surface area contributed by atoms with Crippen LogP contribution in [-0.2, 0) is 14.3 Å². The van der Waals surface area contributed by atoms with Crippen LogP contribution in [0.3, 0.4) is 0 Å². The molecule has 1 atom stereocenters. The van der Waals surface area contributed by atoms with E-state index in [-0.39, 0.29) is 24.5 Å². The summed E-state index contributed by atoms with van der Waals surface area (Å²) in [6.45, 7) is 2.97. The number of carbonyl (C=O) groups is 2. The van der Waals surface area contributed by atoms with E-state index in [0.717, 1.165) is 6.42 Å². The maximum Gasteiger partial charge on any atom is 0.295 e. The topological polar surface area (TPSA) is 94.5 Å². The van der Waals surface area contributed by atoms with Crippen LogP contribution in [0.5, 0.6) is 17.2 Å². The first kappa shape index (κ1) is 24.1. The molecule has 8 nitrogen and oxygen atoms in total. The van der Waals surface area contributed by atoms with Gasteiger partial charge in [-0.2, -0.15) is 0 Å². The molecule has 1 aliphatic rings. The summed E-state index contributed by atoms with van der Waals surface area (Å²) < 4.78 is 21.6. The highest BCUT2D eigenvalue weighted by Gasteiger charge is 2.47. The van der Waals surface area contributed by atoms with Crippen molar-refractivity contribution in [1.82, 2.24) is 4.90 Å². The standard InChI is InChI=1S/C25H29NO7/c1-5-13-33-17-8-6-16(7-9-17)23(27)21-22(26(12-14-30-2)25(29)24(21)28)19-15-18(31-3)10-11-20(19)32-4/h6-11,15,22,27H,5,12-14H2,1-4H3/b23-21+. The summed E-state index contributed by atoms with van der Waals surface area (Å²) in [6, 6.07) is 11.0. The molecule has 1 amide bonds. The predicted molar refractivity (Wildman–Crippen MR) is 123 cm³/mol. The van der Waals surface area contributed by atoms with E-state index in [1.165, 1.54) is 26.2 Å². The Labute approximate surface area is 193 Å². The van der Waals surface area contributed by atoms with Crippen molar-refractivity contribution in [3.05, 3.63) is 59.2 Å². The van der Waals surface area contributed by atoms with E-state index in [0.29, 0.717) is 35.0 Å². The lowest BCUT2D eigenvalue weighted by molar-refractivity contribution is -0.140. The minimum absolute atomic E-state index is 0.0233. The number of aliphatic hydroxyl groups excluding tert-OH is 1. The van der Waals surface area contributed by atoms with Crippen LogP contribution in [0.4, 0.5) is 0 Å². The Hall–Kier alpha value is -3.52. The molecule has 1 N–H and O–H groups in total. The molecule has 0 saturated carbocycles. The second kappa shape index (κ2) is 10.9. The van der Waals surface area contributed by atoms with Crippen molar-refractivity contribution in [3.63, 3.8) is 0 Å². The molecule has 2 aromatic carbocycles. The number of hydrogen-bond acceptors (Lipinski definition) is 7. The molecule has 1 heterocycles. The first-order chi connectivity index (χ1) is 16.0. The molecule has 0 bridgehead atoms. The van der Waals surface area contributed by atoms with Crippen molar-refractivity contribution < 1.29 is 33.6 Å². The van der Waals surface area contributed by atoms with Gasteiger partial charge in [0.25, 0.3) is 11.7 Å². The van der Waals surface area contributed by atoms with Crippen LogP contribution in [-0.4, -0.2) is 62.8 Å². The average Bonchev–Trinajstić information content (AvgIpc) is 3.10. The highest BCUT2D eigenvalue weighted by Crippen LogP contribution is 2.43. The van der Waals surface area contributed by atoms with E-state index < -0.39 is 17.7 Å². The molecule has 3 rings (SSSR count). The fourth-order valence-electron chi connectivity index (χ4n) is 3.76. The van der Waals surface area contributed by atoms with Gasteiger partial charge in [-0.3, -0.25) is 9.59 Å². The Morgan fingerprint density at radius 1 is 0.970 bits per heavy atom. The molecule has 1 unspecified atom stereocenters. The SMILES string of the molecule is CCCOc1ccc(/C(O)=C2\C(=O)C(=O)N(CCOC)C2c2cc(OC)ccc2OC)cc1. The largest absolute Gasteiger partial charge is 0.507 e.